The molecule has 6 heteroatoms. The van der Waals surface area contributed by atoms with E-state index in [0.29, 0.717) is 12.1 Å². The Balaban J connectivity index is 2.35. The molecule has 0 saturated carbocycles. The lowest BCUT2D eigenvalue weighted by Crippen LogP contribution is -2.27. The van der Waals surface area contributed by atoms with Gasteiger partial charge in [0.05, 0.1) is 18.0 Å². The van der Waals surface area contributed by atoms with Crippen LogP contribution in [0.1, 0.15) is 29.5 Å². The minimum Gasteiger partial charge on any atom is -0.395 e. The Morgan fingerprint density at radius 2 is 2.10 bits per heavy atom. The zero-order valence-electron chi connectivity index (χ0n) is 11.4. The zero-order chi connectivity index (χ0) is 14.4. The van der Waals surface area contributed by atoms with Crippen molar-refractivity contribution in [2.75, 3.05) is 13.2 Å². The SMILES string of the molecule is CCCc1c(C(=O)NCCO)nnn1-c1ccccc1. The summed E-state index contributed by atoms with van der Waals surface area (Å²) in [6, 6.07) is 9.60. The molecule has 20 heavy (non-hydrogen) atoms. The van der Waals surface area contributed by atoms with Gasteiger partial charge >= 0.3 is 0 Å². The smallest absolute Gasteiger partial charge is 0.273 e. The molecule has 2 rings (SSSR count). The third kappa shape index (κ3) is 3.03. The number of aliphatic hydroxyl groups is 1. The molecule has 106 valence electrons. The molecule has 0 spiro atoms. The molecule has 0 radical (unpaired) electrons. The fraction of sp³-hybridized carbons (Fsp3) is 0.357. The largest absolute Gasteiger partial charge is 0.395 e. The van der Waals surface area contributed by atoms with Crippen molar-refractivity contribution in [2.24, 2.45) is 0 Å². The van der Waals surface area contributed by atoms with Gasteiger partial charge < -0.3 is 10.4 Å². The lowest BCUT2D eigenvalue weighted by atomic mass is 10.2. The molecular weight excluding hydrogens is 256 g/mol. The first-order valence-electron chi connectivity index (χ1n) is 6.67. The van der Waals surface area contributed by atoms with Gasteiger partial charge in [-0.1, -0.05) is 36.8 Å². The fourth-order valence-corrected chi connectivity index (χ4v) is 1.97. The van der Waals surface area contributed by atoms with Crippen LogP contribution < -0.4 is 5.32 Å². The van der Waals surface area contributed by atoms with E-state index in [1.807, 2.05) is 37.3 Å². The Kier molecular flexibility index (Phi) is 4.84. The van der Waals surface area contributed by atoms with Gasteiger partial charge in [-0.3, -0.25) is 4.79 Å². The van der Waals surface area contributed by atoms with Gasteiger partial charge in [-0.2, -0.15) is 0 Å². The normalized spacial score (nSPS) is 10.5. The number of amides is 1. The van der Waals surface area contributed by atoms with Crippen LogP contribution in [-0.2, 0) is 6.42 Å². The van der Waals surface area contributed by atoms with Crippen LogP contribution in [0, 0.1) is 0 Å². The second kappa shape index (κ2) is 6.81. The zero-order valence-corrected chi connectivity index (χ0v) is 11.4. The summed E-state index contributed by atoms with van der Waals surface area (Å²) in [5.74, 6) is -0.301. The van der Waals surface area contributed by atoms with E-state index in [-0.39, 0.29) is 19.1 Å². The highest BCUT2D eigenvalue weighted by atomic mass is 16.3. The number of benzene rings is 1. The molecular formula is C14H18N4O2. The van der Waals surface area contributed by atoms with E-state index in [1.54, 1.807) is 4.68 Å². The number of carbonyl (C=O) groups is 1. The molecule has 0 aliphatic carbocycles. The van der Waals surface area contributed by atoms with Gasteiger partial charge in [-0.25, -0.2) is 4.68 Å². The van der Waals surface area contributed by atoms with Gasteiger partial charge in [0.25, 0.3) is 5.91 Å². The number of hydrogen-bond donors (Lipinski definition) is 2. The standard InChI is InChI=1S/C14H18N4O2/c1-2-6-12-13(14(20)15-9-10-19)16-17-18(12)11-7-4-3-5-8-11/h3-5,7-8,19H,2,6,9-10H2,1H3,(H,15,20). The monoisotopic (exact) mass is 274 g/mol. The molecule has 2 N–H and O–H groups in total. The van der Waals surface area contributed by atoms with E-state index in [2.05, 4.69) is 15.6 Å². The van der Waals surface area contributed by atoms with Gasteiger partial charge in [0.2, 0.25) is 0 Å². The number of aliphatic hydroxyl groups excluding tert-OH is 1. The van der Waals surface area contributed by atoms with Crippen LogP contribution in [0.25, 0.3) is 5.69 Å². The van der Waals surface area contributed by atoms with Crippen molar-refractivity contribution in [1.29, 1.82) is 0 Å². The third-order valence-corrected chi connectivity index (χ3v) is 2.86. The number of nitrogens with zero attached hydrogens (tertiary/aromatic N) is 3. The van der Waals surface area contributed by atoms with Crippen LogP contribution in [0.15, 0.2) is 30.3 Å². The quantitative estimate of drug-likeness (QED) is 0.821. The summed E-state index contributed by atoms with van der Waals surface area (Å²) >= 11 is 0. The van der Waals surface area contributed by atoms with Crippen LogP contribution >= 0.6 is 0 Å². The lowest BCUT2D eigenvalue weighted by Gasteiger charge is -2.07. The summed E-state index contributed by atoms with van der Waals surface area (Å²) in [6.45, 7) is 2.15. The number of aromatic nitrogens is 3. The van der Waals surface area contributed by atoms with E-state index in [0.717, 1.165) is 17.8 Å². The molecule has 0 fully saturated rings. The van der Waals surface area contributed by atoms with Gasteiger partial charge in [-0.15, -0.1) is 5.10 Å². The first kappa shape index (κ1) is 14.2. The minimum atomic E-state index is -0.301. The molecule has 0 aliphatic rings. The fourth-order valence-electron chi connectivity index (χ4n) is 1.97. The Labute approximate surface area is 117 Å². The number of rotatable bonds is 6. The van der Waals surface area contributed by atoms with Crippen LogP contribution in [0.5, 0.6) is 0 Å². The summed E-state index contributed by atoms with van der Waals surface area (Å²) in [7, 11) is 0. The molecule has 1 aromatic carbocycles. The van der Waals surface area contributed by atoms with Gasteiger partial charge in [-0.05, 0) is 18.6 Å². The maximum absolute atomic E-state index is 12.0. The van der Waals surface area contributed by atoms with Crippen molar-refractivity contribution in [1.82, 2.24) is 20.3 Å². The van der Waals surface area contributed by atoms with E-state index in [1.165, 1.54) is 0 Å². The highest BCUT2D eigenvalue weighted by Gasteiger charge is 2.19. The number of carbonyl (C=O) groups excluding carboxylic acids is 1. The minimum absolute atomic E-state index is 0.0956. The second-order valence-corrected chi connectivity index (χ2v) is 4.36. The molecule has 1 aromatic heterocycles. The van der Waals surface area contributed by atoms with Crippen molar-refractivity contribution < 1.29 is 9.90 Å². The molecule has 1 amide bonds. The van der Waals surface area contributed by atoms with Crippen molar-refractivity contribution >= 4 is 5.91 Å². The Bertz CT molecular complexity index is 566. The highest BCUT2D eigenvalue weighted by molar-refractivity contribution is 5.93. The van der Waals surface area contributed by atoms with E-state index < -0.39 is 0 Å². The summed E-state index contributed by atoms with van der Waals surface area (Å²) in [5.41, 5.74) is 1.99. The third-order valence-electron chi connectivity index (χ3n) is 2.86. The first-order valence-corrected chi connectivity index (χ1v) is 6.67. The Morgan fingerprint density at radius 1 is 1.35 bits per heavy atom. The molecule has 0 saturated heterocycles. The molecule has 0 unspecified atom stereocenters. The maximum Gasteiger partial charge on any atom is 0.273 e. The Hall–Kier alpha value is -2.21. The number of hydrogen-bond acceptors (Lipinski definition) is 4. The first-order chi connectivity index (χ1) is 9.77. The van der Waals surface area contributed by atoms with Crippen molar-refractivity contribution in [3.63, 3.8) is 0 Å². The molecule has 0 aliphatic heterocycles. The van der Waals surface area contributed by atoms with Crippen molar-refractivity contribution in [2.45, 2.75) is 19.8 Å². The predicted molar refractivity (Wildman–Crippen MR) is 74.8 cm³/mol. The van der Waals surface area contributed by atoms with Crippen LogP contribution in [-0.4, -0.2) is 39.2 Å². The van der Waals surface area contributed by atoms with Crippen LogP contribution in [0.2, 0.25) is 0 Å². The maximum atomic E-state index is 12.0. The second-order valence-electron chi connectivity index (χ2n) is 4.36. The van der Waals surface area contributed by atoms with Crippen LogP contribution in [0.4, 0.5) is 0 Å². The molecule has 6 nitrogen and oxygen atoms in total. The molecule has 0 bridgehead atoms. The Morgan fingerprint density at radius 3 is 2.75 bits per heavy atom. The summed E-state index contributed by atoms with van der Waals surface area (Å²) in [5, 5.41) is 19.4. The van der Waals surface area contributed by atoms with Crippen molar-refractivity contribution in [3.05, 3.63) is 41.7 Å². The lowest BCUT2D eigenvalue weighted by molar-refractivity contribution is 0.0938. The predicted octanol–water partition coefficient (Wildman–Crippen LogP) is 0.942. The van der Waals surface area contributed by atoms with Gasteiger partial charge in [0.1, 0.15) is 0 Å². The molecule has 2 aromatic rings. The van der Waals surface area contributed by atoms with E-state index in [9.17, 15) is 4.79 Å². The van der Waals surface area contributed by atoms with E-state index >= 15 is 0 Å². The van der Waals surface area contributed by atoms with Crippen molar-refractivity contribution in [3.8, 4) is 5.69 Å². The van der Waals surface area contributed by atoms with E-state index in [4.69, 9.17) is 5.11 Å². The van der Waals surface area contributed by atoms with Gasteiger partial charge in [0, 0.05) is 6.54 Å². The summed E-state index contributed by atoms with van der Waals surface area (Å²) in [4.78, 5) is 12.0. The molecule has 0 atom stereocenters. The number of nitrogens with one attached hydrogen (secondary N) is 1. The average molecular weight is 274 g/mol. The van der Waals surface area contributed by atoms with Gasteiger partial charge in [0.15, 0.2) is 5.69 Å². The average Bonchev–Trinajstić information content (AvgIpc) is 2.90. The number of para-hydroxylation sites is 1. The summed E-state index contributed by atoms with van der Waals surface area (Å²) < 4.78 is 1.69. The highest BCUT2D eigenvalue weighted by Crippen LogP contribution is 2.14. The van der Waals surface area contributed by atoms with Crippen LogP contribution in [0.3, 0.4) is 0 Å². The molecule has 1 heterocycles. The topological polar surface area (TPSA) is 80.0 Å². The summed E-state index contributed by atoms with van der Waals surface area (Å²) in [6.07, 6.45) is 1.60.